The lowest BCUT2D eigenvalue weighted by Crippen LogP contribution is -2.46. The number of hydrogen-bond donors (Lipinski definition) is 1. The molecule has 2 unspecified atom stereocenters. The van der Waals surface area contributed by atoms with E-state index in [4.69, 9.17) is 28.4 Å². The van der Waals surface area contributed by atoms with Crippen molar-refractivity contribution in [3.63, 3.8) is 0 Å². The van der Waals surface area contributed by atoms with Gasteiger partial charge in [0.05, 0.1) is 12.8 Å². The zero-order valence-electron chi connectivity index (χ0n) is 35.8. The maximum atomic E-state index is 12.9. The molecule has 0 saturated carbocycles. The van der Waals surface area contributed by atoms with Crippen LogP contribution in [0.3, 0.4) is 0 Å². The molecule has 0 aromatic heterocycles. The number of esters is 2. The summed E-state index contributed by atoms with van der Waals surface area (Å²) in [5.41, 5.74) is 0. The van der Waals surface area contributed by atoms with E-state index in [2.05, 4.69) is 33.0 Å². The minimum Gasteiger partial charge on any atom is -0.461 e. The number of ether oxygens (including phenoxy) is 6. The van der Waals surface area contributed by atoms with Crippen molar-refractivity contribution in [1.82, 2.24) is 5.32 Å². The number of carbonyl (C=O) groups is 2. The number of unbranched alkanes of at least 4 members (excludes halogenated alkanes) is 20. The van der Waals surface area contributed by atoms with Gasteiger partial charge in [-0.3, -0.25) is 9.59 Å². The van der Waals surface area contributed by atoms with Gasteiger partial charge >= 0.3 is 11.9 Å². The molecular formula is C45H87NO8. The molecule has 1 aliphatic heterocycles. The summed E-state index contributed by atoms with van der Waals surface area (Å²) in [5.74, 6) is -0.532. The van der Waals surface area contributed by atoms with Crippen LogP contribution >= 0.6 is 0 Å². The Kier molecular flexibility index (Phi) is 36.3. The Balaban J connectivity index is 2.47. The summed E-state index contributed by atoms with van der Waals surface area (Å²) in [4.78, 5) is 25.9. The molecule has 1 rings (SSSR count). The fourth-order valence-electron chi connectivity index (χ4n) is 6.82. The minimum atomic E-state index is -0.393. The maximum absolute atomic E-state index is 12.9. The SMILES string of the molecule is CCCCCCCCOC(CCC(=O)OC1CNCC(OC(=O)CCC(OCCCCCCCC)OCCCCCCCC)C1)OCCCCCCCC. The van der Waals surface area contributed by atoms with Crippen molar-refractivity contribution in [2.45, 2.75) is 239 Å². The number of piperidine rings is 1. The van der Waals surface area contributed by atoms with Gasteiger partial charge in [0.1, 0.15) is 12.2 Å². The quantitative estimate of drug-likeness (QED) is 0.0371. The Labute approximate surface area is 332 Å². The average Bonchev–Trinajstić information content (AvgIpc) is 3.17. The molecule has 320 valence electrons. The van der Waals surface area contributed by atoms with Gasteiger partial charge in [-0.05, 0) is 25.7 Å². The van der Waals surface area contributed by atoms with Crippen LogP contribution in [0.15, 0.2) is 0 Å². The smallest absolute Gasteiger partial charge is 0.306 e. The monoisotopic (exact) mass is 770 g/mol. The Morgan fingerprint density at radius 1 is 0.444 bits per heavy atom. The predicted molar refractivity (Wildman–Crippen MR) is 221 cm³/mol. The van der Waals surface area contributed by atoms with E-state index in [1.54, 1.807) is 0 Å². The van der Waals surface area contributed by atoms with Crippen LogP contribution in [0.1, 0.15) is 214 Å². The van der Waals surface area contributed by atoms with Crippen LogP contribution in [0, 0.1) is 0 Å². The molecule has 2 atom stereocenters. The van der Waals surface area contributed by atoms with Gasteiger partial charge in [-0.2, -0.15) is 0 Å². The normalized spacial score (nSPS) is 16.0. The average molecular weight is 770 g/mol. The second-order valence-corrected chi connectivity index (χ2v) is 15.6. The van der Waals surface area contributed by atoms with E-state index in [1.165, 1.54) is 103 Å². The van der Waals surface area contributed by atoms with Crippen molar-refractivity contribution in [2.75, 3.05) is 39.5 Å². The van der Waals surface area contributed by atoms with E-state index in [9.17, 15) is 9.59 Å². The summed E-state index contributed by atoms with van der Waals surface area (Å²) in [6, 6.07) is 0. The predicted octanol–water partition coefficient (Wildman–Crippen LogP) is 11.5. The highest BCUT2D eigenvalue weighted by molar-refractivity contribution is 5.70. The molecule has 1 heterocycles. The molecule has 54 heavy (non-hydrogen) atoms. The third-order valence-corrected chi connectivity index (χ3v) is 10.2. The Bertz CT molecular complexity index is 729. The summed E-state index contributed by atoms with van der Waals surface area (Å²) in [6.45, 7) is 12.6. The number of rotatable bonds is 40. The summed E-state index contributed by atoms with van der Waals surface area (Å²) in [5, 5.41) is 3.28. The molecule has 9 heteroatoms. The van der Waals surface area contributed by atoms with Crippen molar-refractivity contribution >= 4 is 11.9 Å². The lowest BCUT2D eigenvalue weighted by molar-refractivity contribution is -0.168. The summed E-state index contributed by atoms with van der Waals surface area (Å²) < 4.78 is 36.1. The largest absolute Gasteiger partial charge is 0.461 e. The number of nitrogens with one attached hydrogen (secondary N) is 1. The molecule has 1 saturated heterocycles. The molecular weight excluding hydrogens is 682 g/mol. The van der Waals surface area contributed by atoms with Crippen LogP contribution in [-0.4, -0.2) is 76.2 Å². The fourth-order valence-corrected chi connectivity index (χ4v) is 6.82. The van der Waals surface area contributed by atoms with Crippen molar-refractivity contribution in [1.29, 1.82) is 0 Å². The second kappa shape index (κ2) is 38.6. The molecule has 1 N–H and O–H groups in total. The highest BCUT2D eigenvalue weighted by atomic mass is 16.7. The fraction of sp³-hybridized carbons (Fsp3) is 0.956. The molecule has 0 aromatic rings. The second-order valence-electron chi connectivity index (χ2n) is 15.6. The van der Waals surface area contributed by atoms with Gasteiger partial charge in [-0.15, -0.1) is 0 Å². The van der Waals surface area contributed by atoms with Gasteiger partial charge in [0.15, 0.2) is 12.6 Å². The lowest BCUT2D eigenvalue weighted by atomic mass is 10.1. The van der Waals surface area contributed by atoms with Gasteiger partial charge in [0.2, 0.25) is 0 Å². The molecule has 0 bridgehead atoms. The Hall–Kier alpha value is -1.26. The minimum absolute atomic E-state index is 0.234. The van der Waals surface area contributed by atoms with Gasteiger partial charge in [0, 0.05) is 58.8 Å². The van der Waals surface area contributed by atoms with Crippen LogP contribution in [-0.2, 0) is 38.0 Å². The topological polar surface area (TPSA) is 102 Å². The van der Waals surface area contributed by atoms with Crippen molar-refractivity contribution in [3.8, 4) is 0 Å². The van der Waals surface area contributed by atoms with Gasteiger partial charge in [-0.25, -0.2) is 0 Å². The van der Waals surface area contributed by atoms with E-state index < -0.39 is 12.6 Å². The summed E-state index contributed by atoms with van der Waals surface area (Å²) in [7, 11) is 0. The van der Waals surface area contributed by atoms with Gasteiger partial charge in [-0.1, -0.05) is 156 Å². The molecule has 0 aromatic carbocycles. The number of carbonyl (C=O) groups excluding carboxylic acids is 2. The first kappa shape index (κ1) is 50.8. The highest BCUT2D eigenvalue weighted by Crippen LogP contribution is 2.17. The van der Waals surface area contributed by atoms with Gasteiger partial charge < -0.3 is 33.7 Å². The lowest BCUT2D eigenvalue weighted by Gasteiger charge is -2.30. The highest BCUT2D eigenvalue weighted by Gasteiger charge is 2.28. The molecule has 0 spiro atoms. The first-order valence-electron chi connectivity index (χ1n) is 23.1. The van der Waals surface area contributed by atoms with Crippen LogP contribution in [0.4, 0.5) is 0 Å². The molecule has 9 nitrogen and oxygen atoms in total. The van der Waals surface area contributed by atoms with Crippen LogP contribution in [0.25, 0.3) is 0 Å². The summed E-state index contributed by atoms with van der Waals surface area (Å²) >= 11 is 0. The van der Waals surface area contributed by atoms with E-state index in [1.807, 2.05) is 0 Å². The maximum Gasteiger partial charge on any atom is 0.306 e. The first-order chi connectivity index (χ1) is 26.5. The third-order valence-electron chi connectivity index (χ3n) is 10.2. The summed E-state index contributed by atoms with van der Waals surface area (Å²) in [6.07, 6.45) is 29.3. The zero-order chi connectivity index (χ0) is 39.2. The molecule has 1 aliphatic rings. The van der Waals surface area contributed by atoms with Crippen molar-refractivity contribution < 1.29 is 38.0 Å². The Morgan fingerprint density at radius 3 is 1.02 bits per heavy atom. The number of hydrogen-bond acceptors (Lipinski definition) is 9. The van der Waals surface area contributed by atoms with E-state index in [0.29, 0.717) is 58.8 Å². The van der Waals surface area contributed by atoms with Crippen molar-refractivity contribution in [3.05, 3.63) is 0 Å². The molecule has 0 aliphatic carbocycles. The van der Waals surface area contributed by atoms with Crippen molar-refractivity contribution in [2.24, 2.45) is 0 Å². The van der Waals surface area contributed by atoms with E-state index in [-0.39, 0.29) is 37.0 Å². The third kappa shape index (κ3) is 31.9. The standard InChI is InChI=1S/C45H87NO8/c1-5-9-13-17-21-25-33-49-44(50-34-26-22-18-14-10-6-2)31-29-42(47)53-40-37-41(39-46-38-40)54-43(48)30-32-45(51-35-27-23-19-15-11-7-3)52-36-28-24-20-16-12-8-4/h40-41,44-46H,5-39H2,1-4H3. The van der Waals surface area contributed by atoms with Gasteiger partial charge in [0.25, 0.3) is 0 Å². The molecule has 1 fully saturated rings. The van der Waals surface area contributed by atoms with E-state index >= 15 is 0 Å². The van der Waals surface area contributed by atoms with Crippen LogP contribution in [0.5, 0.6) is 0 Å². The zero-order valence-corrected chi connectivity index (χ0v) is 35.8. The molecule has 0 amide bonds. The van der Waals surface area contributed by atoms with Crippen LogP contribution in [0.2, 0.25) is 0 Å². The Morgan fingerprint density at radius 2 is 0.722 bits per heavy atom. The van der Waals surface area contributed by atoms with Crippen LogP contribution < -0.4 is 5.32 Å². The van der Waals surface area contributed by atoms with E-state index in [0.717, 1.165) is 51.4 Å². The first-order valence-corrected chi connectivity index (χ1v) is 23.1. The molecule has 0 radical (unpaired) electrons.